The highest BCUT2D eigenvalue weighted by molar-refractivity contribution is 6.02. The fourth-order valence-electron chi connectivity index (χ4n) is 3.77. The Hall–Kier alpha value is -3.46. The van der Waals surface area contributed by atoms with Crippen LogP contribution in [0, 0.1) is 5.92 Å². The third kappa shape index (κ3) is 8.28. The number of benzene rings is 2. The third-order valence-corrected chi connectivity index (χ3v) is 5.76. The lowest BCUT2D eigenvalue weighted by Crippen LogP contribution is -2.17. The zero-order valence-electron chi connectivity index (χ0n) is 22.8. The molecule has 2 aromatic rings. The lowest BCUT2D eigenvalue weighted by atomic mass is 9.94. The van der Waals surface area contributed by atoms with Crippen LogP contribution in [0.3, 0.4) is 0 Å². The van der Waals surface area contributed by atoms with Crippen molar-refractivity contribution in [2.45, 2.75) is 39.5 Å². The van der Waals surface area contributed by atoms with E-state index in [1.165, 1.54) is 21.3 Å². The zero-order chi connectivity index (χ0) is 27.4. The van der Waals surface area contributed by atoms with E-state index >= 15 is 0 Å². The molecule has 0 aliphatic carbocycles. The number of aryl methyl sites for hydroxylation is 1. The van der Waals surface area contributed by atoms with Gasteiger partial charge in [-0.05, 0) is 42.9 Å². The molecule has 0 fully saturated rings. The minimum atomic E-state index is -0.559. The first kappa shape index (κ1) is 29.8. The standard InChI is InChI=1S/C28H38O9/c1-18(2)8-11-20-23(33-5)15-25(34-6)27(28(20)36-16-26(30)35-7)21(29)12-9-19-10-13-22(32-4)24(14-19)37-17-31-3/h10,13-15,18H,8-9,11-12,16-17H2,1-7H3. The van der Waals surface area contributed by atoms with Crippen LogP contribution in [0.4, 0.5) is 0 Å². The van der Waals surface area contributed by atoms with E-state index in [2.05, 4.69) is 13.8 Å². The molecule has 37 heavy (non-hydrogen) atoms. The number of Topliss-reactive ketones (excluding diaryl/α,β-unsaturated/α-hetero) is 1. The van der Waals surface area contributed by atoms with Crippen LogP contribution in [0.1, 0.15) is 48.2 Å². The second-order valence-electron chi connectivity index (χ2n) is 8.72. The van der Waals surface area contributed by atoms with E-state index in [9.17, 15) is 9.59 Å². The van der Waals surface area contributed by atoms with Crippen molar-refractivity contribution < 1.29 is 42.7 Å². The lowest BCUT2D eigenvalue weighted by molar-refractivity contribution is -0.142. The number of rotatable bonds is 16. The van der Waals surface area contributed by atoms with Gasteiger partial charge in [-0.15, -0.1) is 0 Å². The summed E-state index contributed by atoms with van der Waals surface area (Å²) >= 11 is 0. The van der Waals surface area contributed by atoms with Crippen molar-refractivity contribution in [1.29, 1.82) is 0 Å². The molecule has 0 aliphatic rings. The Labute approximate surface area is 218 Å². The minimum absolute atomic E-state index is 0.0713. The number of esters is 1. The van der Waals surface area contributed by atoms with E-state index in [1.807, 2.05) is 12.1 Å². The average molecular weight is 519 g/mol. The van der Waals surface area contributed by atoms with E-state index in [-0.39, 0.29) is 36.9 Å². The predicted molar refractivity (Wildman–Crippen MR) is 138 cm³/mol. The Bertz CT molecular complexity index is 1050. The van der Waals surface area contributed by atoms with E-state index in [4.69, 9.17) is 33.2 Å². The van der Waals surface area contributed by atoms with Crippen LogP contribution in [0.5, 0.6) is 28.7 Å². The van der Waals surface area contributed by atoms with E-state index in [1.54, 1.807) is 26.4 Å². The van der Waals surface area contributed by atoms with Gasteiger partial charge in [0.1, 0.15) is 22.8 Å². The summed E-state index contributed by atoms with van der Waals surface area (Å²) in [6.45, 7) is 3.94. The number of carbonyl (C=O) groups is 2. The first-order chi connectivity index (χ1) is 17.8. The smallest absolute Gasteiger partial charge is 0.343 e. The Morgan fingerprint density at radius 1 is 0.811 bits per heavy atom. The molecule has 9 nitrogen and oxygen atoms in total. The SMILES string of the molecule is COCOc1cc(CCC(=O)c2c(OC)cc(OC)c(CCC(C)C)c2OCC(=O)OC)ccc1OC. The maximum Gasteiger partial charge on any atom is 0.343 e. The highest BCUT2D eigenvalue weighted by Crippen LogP contribution is 2.41. The van der Waals surface area contributed by atoms with Gasteiger partial charge in [0, 0.05) is 25.2 Å². The molecule has 0 heterocycles. The summed E-state index contributed by atoms with van der Waals surface area (Å²) in [5.41, 5.74) is 1.86. The normalized spacial score (nSPS) is 10.7. The summed E-state index contributed by atoms with van der Waals surface area (Å²) in [5, 5.41) is 0. The van der Waals surface area contributed by atoms with Gasteiger partial charge in [0.05, 0.1) is 28.4 Å². The number of hydrogen-bond acceptors (Lipinski definition) is 9. The molecule has 0 saturated heterocycles. The average Bonchev–Trinajstić information content (AvgIpc) is 2.91. The van der Waals surface area contributed by atoms with Gasteiger partial charge in [-0.25, -0.2) is 4.79 Å². The number of ether oxygens (including phenoxy) is 7. The van der Waals surface area contributed by atoms with Gasteiger partial charge in [-0.2, -0.15) is 0 Å². The Morgan fingerprint density at radius 3 is 2.11 bits per heavy atom. The zero-order valence-corrected chi connectivity index (χ0v) is 22.8. The number of carbonyl (C=O) groups excluding carboxylic acids is 2. The molecule has 0 bridgehead atoms. The van der Waals surface area contributed by atoms with Crippen molar-refractivity contribution in [1.82, 2.24) is 0 Å². The maximum absolute atomic E-state index is 13.6. The molecule has 0 unspecified atom stereocenters. The third-order valence-electron chi connectivity index (χ3n) is 5.76. The largest absolute Gasteiger partial charge is 0.496 e. The number of ketones is 1. The number of hydrogen-bond donors (Lipinski definition) is 0. The van der Waals surface area contributed by atoms with E-state index in [0.717, 1.165) is 12.0 Å². The molecular formula is C28H38O9. The summed E-state index contributed by atoms with van der Waals surface area (Å²) in [4.78, 5) is 25.5. The maximum atomic E-state index is 13.6. The van der Waals surface area contributed by atoms with Gasteiger partial charge >= 0.3 is 5.97 Å². The van der Waals surface area contributed by atoms with Crippen molar-refractivity contribution in [2.24, 2.45) is 5.92 Å². The monoisotopic (exact) mass is 518 g/mol. The highest BCUT2D eigenvalue weighted by atomic mass is 16.7. The summed E-state index contributed by atoms with van der Waals surface area (Å²) in [7, 11) is 7.40. The van der Waals surface area contributed by atoms with Crippen molar-refractivity contribution in [3.05, 3.63) is 41.0 Å². The molecule has 0 saturated carbocycles. The first-order valence-electron chi connectivity index (χ1n) is 12.1. The fraction of sp³-hybridized carbons (Fsp3) is 0.500. The van der Waals surface area contributed by atoms with Gasteiger partial charge in [-0.3, -0.25) is 4.79 Å². The summed E-state index contributed by atoms with van der Waals surface area (Å²) in [5.74, 6) is 1.87. The van der Waals surface area contributed by atoms with Gasteiger partial charge in [0.2, 0.25) is 0 Å². The lowest BCUT2D eigenvalue weighted by Gasteiger charge is -2.21. The van der Waals surface area contributed by atoms with Crippen molar-refractivity contribution in [3.8, 4) is 28.7 Å². The van der Waals surface area contributed by atoms with Crippen LogP contribution in [-0.4, -0.2) is 60.7 Å². The van der Waals surface area contributed by atoms with Crippen LogP contribution in [0.2, 0.25) is 0 Å². The van der Waals surface area contributed by atoms with E-state index < -0.39 is 5.97 Å². The van der Waals surface area contributed by atoms with Gasteiger partial charge in [0.25, 0.3) is 0 Å². The topological polar surface area (TPSA) is 98.8 Å². The van der Waals surface area contributed by atoms with Crippen molar-refractivity contribution >= 4 is 11.8 Å². The van der Waals surface area contributed by atoms with Gasteiger partial charge < -0.3 is 33.2 Å². The molecule has 9 heteroatoms. The van der Waals surface area contributed by atoms with Crippen LogP contribution < -0.4 is 23.7 Å². The quantitative estimate of drug-likeness (QED) is 0.179. The molecule has 0 amide bonds. The molecule has 2 rings (SSSR count). The molecule has 0 aromatic heterocycles. The highest BCUT2D eigenvalue weighted by Gasteiger charge is 2.26. The molecule has 0 N–H and O–H groups in total. The molecule has 0 aliphatic heterocycles. The minimum Gasteiger partial charge on any atom is -0.496 e. The second-order valence-corrected chi connectivity index (χ2v) is 8.72. The van der Waals surface area contributed by atoms with Crippen molar-refractivity contribution in [3.63, 3.8) is 0 Å². The molecule has 0 spiro atoms. The summed E-state index contributed by atoms with van der Waals surface area (Å²) < 4.78 is 37.7. The van der Waals surface area contributed by atoms with Crippen molar-refractivity contribution in [2.75, 3.05) is 48.9 Å². The summed E-state index contributed by atoms with van der Waals surface area (Å²) in [6.07, 6.45) is 2.03. The molecular weight excluding hydrogens is 480 g/mol. The summed E-state index contributed by atoms with van der Waals surface area (Å²) in [6, 6.07) is 7.17. The van der Waals surface area contributed by atoms with E-state index in [0.29, 0.717) is 47.3 Å². The van der Waals surface area contributed by atoms with Gasteiger partial charge in [-0.1, -0.05) is 19.9 Å². The number of methoxy groups -OCH3 is 5. The van der Waals surface area contributed by atoms with Crippen LogP contribution in [0.15, 0.2) is 24.3 Å². The van der Waals surface area contributed by atoms with Crippen LogP contribution >= 0.6 is 0 Å². The predicted octanol–water partition coefficient (Wildman–Crippen LogP) is 4.65. The molecule has 204 valence electrons. The van der Waals surface area contributed by atoms with Crippen LogP contribution in [0.25, 0.3) is 0 Å². The van der Waals surface area contributed by atoms with Gasteiger partial charge in [0.15, 0.2) is 30.7 Å². The Balaban J connectivity index is 2.44. The second kappa shape index (κ2) is 14.9. The Kier molecular flexibility index (Phi) is 12.0. The fourth-order valence-corrected chi connectivity index (χ4v) is 3.77. The molecule has 2 aromatic carbocycles. The first-order valence-corrected chi connectivity index (χ1v) is 12.1. The van der Waals surface area contributed by atoms with Crippen LogP contribution in [-0.2, 0) is 27.1 Å². The molecule has 0 radical (unpaired) electrons. The molecule has 0 atom stereocenters. The Morgan fingerprint density at radius 2 is 1.51 bits per heavy atom.